The van der Waals surface area contributed by atoms with Crippen molar-refractivity contribution in [1.29, 1.82) is 0 Å². The minimum Gasteiger partial charge on any atom is -0.387 e. The van der Waals surface area contributed by atoms with Crippen LogP contribution in [0.3, 0.4) is 0 Å². The molecule has 2 heterocycles. The fraction of sp³-hybridized carbons (Fsp3) is 0.583. The van der Waals surface area contributed by atoms with Gasteiger partial charge in [-0.2, -0.15) is 8.62 Å². The highest BCUT2D eigenvalue weighted by molar-refractivity contribution is 7.66. The number of aliphatic hydroxyl groups is 1. The third-order valence-corrected chi connectivity index (χ3v) is 7.76. The van der Waals surface area contributed by atoms with Crippen molar-refractivity contribution in [3.05, 3.63) is 24.7 Å². The molecule has 2 unspecified atom stereocenters. The SMILES string of the molecule is C=C1N=C(N)C=CN1[C@@H]1O[C@](COC)(COP(=O)(O)OP(=O)(O)OP(=O)(O)O)[C@@H](O)[C@H]1F. The number of phosphoric ester groups is 1. The molecule has 0 amide bonds. The van der Waals surface area contributed by atoms with Gasteiger partial charge < -0.3 is 44.8 Å². The number of halogens is 1. The monoisotopic (exact) mass is 527 g/mol. The standard InChI is InChI=1S/C12H21FN3O13P3/c1-7-15-8(14)3-4-16(7)11-9(13)10(17)12(27-11,5-25-2)6-26-31(21,22)29-32(23,24)28-30(18,19)20/h3-4,9-11,17H,1,5-6H2,2H3,(H2,14,15)(H,21,22)(H,23,24)(H2,18,19,20)/t9-,10+,11-,12-/m1/s1. The molecular formula is C12H21FN3O13P3. The summed E-state index contributed by atoms with van der Waals surface area (Å²) in [6.07, 6.45) is -3.19. The van der Waals surface area contributed by atoms with Crippen LogP contribution in [0.25, 0.3) is 0 Å². The zero-order valence-electron chi connectivity index (χ0n) is 16.2. The molecule has 2 aliphatic heterocycles. The van der Waals surface area contributed by atoms with Crippen molar-refractivity contribution in [3.63, 3.8) is 0 Å². The lowest BCUT2D eigenvalue weighted by molar-refractivity contribution is -0.157. The molecule has 1 saturated heterocycles. The summed E-state index contributed by atoms with van der Waals surface area (Å²) in [6.45, 7) is 1.83. The molecule has 0 aromatic rings. The van der Waals surface area contributed by atoms with Crippen molar-refractivity contribution in [2.24, 2.45) is 10.7 Å². The molecule has 16 nitrogen and oxygen atoms in total. The molecular weight excluding hydrogens is 506 g/mol. The molecule has 0 aromatic carbocycles. The molecule has 0 aromatic heterocycles. The molecule has 2 aliphatic rings. The maximum Gasteiger partial charge on any atom is 0.490 e. The number of ether oxygens (including phenoxy) is 2. The summed E-state index contributed by atoms with van der Waals surface area (Å²) in [5.41, 5.74) is 3.36. The smallest absolute Gasteiger partial charge is 0.387 e. The first kappa shape index (κ1) is 27.2. The summed E-state index contributed by atoms with van der Waals surface area (Å²) in [6, 6.07) is 0. The molecule has 6 atom stereocenters. The zero-order valence-corrected chi connectivity index (χ0v) is 18.9. The van der Waals surface area contributed by atoms with E-state index in [9.17, 15) is 33.0 Å². The van der Waals surface area contributed by atoms with Gasteiger partial charge in [0.15, 0.2) is 12.4 Å². The number of aliphatic hydroxyl groups excluding tert-OH is 1. The van der Waals surface area contributed by atoms with Crippen LogP contribution in [0.4, 0.5) is 4.39 Å². The number of rotatable bonds is 10. The highest BCUT2D eigenvalue weighted by Gasteiger charge is 2.58. The second-order valence-corrected chi connectivity index (χ2v) is 10.9. The summed E-state index contributed by atoms with van der Waals surface area (Å²) in [7, 11) is -15.8. The minimum absolute atomic E-state index is 0.0500. The van der Waals surface area contributed by atoms with Crippen LogP contribution in [0.15, 0.2) is 29.7 Å². The fourth-order valence-electron chi connectivity index (χ4n) is 2.77. The Balaban J connectivity index is 2.19. The number of alkyl halides is 1. The maximum atomic E-state index is 14.9. The minimum atomic E-state index is -5.78. The normalized spacial score (nSPS) is 32.5. The van der Waals surface area contributed by atoms with E-state index < -0.39 is 60.8 Å². The van der Waals surface area contributed by atoms with E-state index >= 15 is 0 Å². The van der Waals surface area contributed by atoms with E-state index in [0.717, 1.165) is 12.0 Å². The van der Waals surface area contributed by atoms with Crippen LogP contribution in [0.1, 0.15) is 0 Å². The summed E-state index contributed by atoms with van der Waals surface area (Å²) < 4.78 is 71.1. The Morgan fingerprint density at radius 1 is 1.25 bits per heavy atom. The second-order valence-electron chi connectivity index (χ2n) is 6.44. The van der Waals surface area contributed by atoms with Crippen molar-refractivity contribution in [2.75, 3.05) is 20.3 Å². The topological polar surface area (TPSA) is 240 Å². The third-order valence-electron chi connectivity index (χ3n) is 3.98. The lowest BCUT2D eigenvalue weighted by atomic mass is 9.97. The van der Waals surface area contributed by atoms with Gasteiger partial charge in [-0.1, -0.05) is 6.58 Å². The van der Waals surface area contributed by atoms with Crippen molar-refractivity contribution in [3.8, 4) is 0 Å². The van der Waals surface area contributed by atoms with Gasteiger partial charge >= 0.3 is 23.5 Å². The van der Waals surface area contributed by atoms with Crippen molar-refractivity contribution in [1.82, 2.24) is 4.90 Å². The highest BCUT2D eigenvalue weighted by Crippen LogP contribution is 2.66. The summed E-state index contributed by atoms with van der Waals surface area (Å²) in [4.78, 5) is 40.8. The molecule has 0 aliphatic carbocycles. The number of aliphatic imine (C=N–C) groups is 1. The van der Waals surface area contributed by atoms with Gasteiger partial charge in [0.25, 0.3) is 0 Å². The molecule has 0 saturated carbocycles. The Labute approximate surface area is 180 Å². The third kappa shape index (κ3) is 6.74. The Bertz CT molecular complexity index is 940. The van der Waals surface area contributed by atoms with E-state index in [1.54, 1.807) is 0 Å². The summed E-state index contributed by atoms with van der Waals surface area (Å²) in [5.74, 6) is 0.0157. The van der Waals surface area contributed by atoms with E-state index in [4.69, 9.17) is 25.0 Å². The van der Waals surface area contributed by atoms with Gasteiger partial charge in [0, 0.05) is 13.3 Å². The Morgan fingerprint density at radius 3 is 2.41 bits per heavy atom. The number of hydrogen-bond acceptors (Lipinski definition) is 12. The molecule has 184 valence electrons. The van der Waals surface area contributed by atoms with Gasteiger partial charge in [-0.25, -0.2) is 23.1 Å². The Kier molecular flexibility index (Phi) is 8.23. The highest BCUT2D eigenvalue weighted by atomic mass is 31.3. The largest absolute Gasteiger partial charge is 0.490 e. The number of nitrogens with two attached hydrogens (primary N) is 1. The maximum absolute atomic E-state index is 14.9. The van der Waals surface area contributed by atoms with Crippen LogP contribution in [-0.4, -0.2) is 79.8 Å². The van der Waals surface area contributed by atoms with Gasteiger partial charge in [-0.3, -0.25) is 4.52 Å². The summed E-state index contributed by atoms with van der Waals surface area (Å²) in [5, 5.41) is 10.4. The van der Waals surface area contributed by atoms with E-state index in [1.165, 1.54) is 12.3 Å². The van der Waals surface area contributed by atoms with E-state index in [0.29, 0.717) is 0 Å². The first-order valence-electron chi connectivity index (χ1n) is 8.28. The zero-order chi connectivity index (χ0) is 24.5. The van der Waals surface area contributed by atoms with E-state index in [-0.39, 0.29) is 11.7 Å². The number of nitrogens with zero attached hydrogens (tertiary/aromatic N) is 2. The molecule has 7 N–H and O–H groups in total. The first-order valence-corrected chi connectivity index (χ1v) is 12.8. The lowest BCUT2D eigenvalue weighted by Crippen LogP contribution is -2.49. The van der Waals surface area contributed by atoms with Crippen LogP contribution in [0.2, 0.25) is 0 Å². The van der Waals surface area contributed by atoms with Crippen LogP contribution in [0, 0.1) is 0 Å². The van der Waals surface area contributed by atoms with Crippen molar-refractivity contribution in [2.45, 2.75) is 24.1 Å². The van der Waals surface area contributed by atoms with Gasteiger partial charge in [0.2, 0.25) is 0 Å². The molecule has 2 rings (SSSR count). The molecule has 0 bridgehead atoms. The number of methoxy groups -OCH3 is 1. The summed E-state index contributed by atoms with van der Waals surface area (Å²) >= 11 is 0. The lowest BCUT2D eigenvalue weighted by Gasteiger charge is -2.33. The number of phosphoric acid groups is 3. The van der Waals surface area contributed by atoms with Crippen LogP contribution in [0.5, 0.6) is 0 Å². The average Bonchev–Trinajstić information content (AvgIpc) is 2.83. The van der Waals surface area contributed by atoms with Gasteiger partial charge in [0.1, 0.15) is 23.4 Å². The predicted molar refractivity (Wildman–Crippen MR) is 102 cm³/mol. The quantitative estimate of drug-likeness (QED) is 0.195. The number of amidine groups is 1. The fourth-order valence-corrected chi connectivity index (χ4v) is 5.85. The van der Waals surface area contributed by atoms with Crippen LogP contribution < -0.4 is 5.73 Å². The first-order chi connectivity index (χ1) is 14.5. The molecule has 32 heavy (non-hydrogen) atoms. The molecule has 1 fully saturated rings. The van der Waals surface area contributed by atoms with Crippen LogP contribution in [-0.2, 0) is 36.3 Å². The number of hydrogen-bond donors (Lipinski definition) is 6. The van der Waals surface area contributed by atoms with E-state index in [2.05, 4.69) is 24.7 Å². The van der Waals surface area contributed by atoms with Gasteiger partial charge in [-0.05, 0) is 6.08 Å². The average molecular weight is 527 g/mol. The van der Waals surface area contributed by atoms with Crippen molar-refractivity contribution < 1.29 is 65.4 Å². The van der Waals surface area contributed by atoms with Crippen LogP contribution >= 0.6 is 23.5 Å². The predicted octanol–water partition coefficient (Wildman–Crippen LogP) is -0.572. The molecule has 0 radical (unpaired) electrons. The molecule has 0 spiro atoms. The molecule has 20 heteroatoms. The van der Waals surface area contributed by atoms with Gasteiger partial charge in [-0.15, -0.1) is 0 Å². The Morgan fingerprint density at radius 2 is 1.88 bits per heavy atom. The van der Waals surface area contributed by atoms with Gasteiger partial charge in [0.05, 0.1) is 13.2 Å². The van der Waals surface area contributed by atoms with Crippen molar-refractivity contribution >= 4 is 29.3 Å². The second kappa shape index (κ2) is 9.68. The van der Waals surface area contributed by atoms with E-state index in [1.807, 2.05) is 0 Å². The Hall–Kier alpha value is -1.03.